The lowest BCUT2D eigenvalue weighted by Crippen LogP contribution is -2.58. The van der Waals surface area contributed by atoms with E-state index in [4.69, 9.17) is 28.9 Å². The molecule has 182 valence electrons. The number of urea groups is 1. The molecule has 3 rings (SSSR count). The molecular weight excluding hydrogens is 475 g/mol. The number of piperidine rings is 1. The molecule has 1 aliphatic heterocycles. The number of hydrogen-bond acceptors (Lipinski definition) is 3. The summed E-state index contributed by atoms with van der Waals surface area (Å²) in [5, 5.41) is 6.28. The maximum atomic E-state index is 13.6. The number of nitrogens with zero attached hydrogens (tertiary/aromatic N) is 1. The number of amides is 4. The third kappa shape index (κ3) is 6.42. The van der Waals surface area contributed by atoms with Gasteiger partial charge in [-0.2, -0.15) is 0 Å². The Kier molecular flexibility index (Phi) is 8.80. The molecule has 1 unspecified atom stereocenters. The third-order valence-corrected chi connectivity index (χ3v) is 6.87. The van der Waals surface area contributed by atoms with Crippen molar-refractivity contribution < 1.29 is 14.4 Å². The molecule has 0 bridgehead atoms. The fourth-order valence-corrected chi connectivity index (χ4v) is 4.88. The van der Waals surface area contributed by atoms with Gasteiger partial charge in [-0.05, 0) is 49.4 Å². The van der Waals surface area contributed by atoms with Crippen molar-refractivity contribution in [2.45, 2.75) is 38.6 Å². The Morgan fingerprint density at radius 2 is 1.82 bits per heavy atom. The number of halogens is 2. The molecule has 1 heterocycles. The third-order valence-electron chi connectivity index (χ3n) is 6.13. The summed E-state index contributed by atoms with van der Waals surface area (Å²) >= 11 is 12.1. The standard InChI is InChI=1S/C25H30Cl2N4O3/c1-2-29-23(33)25(15-17-7-4-3-5-8-17)11-6-12-31(16-25)22(32)21(30-24(28)34)14-18-9-10-19(26)20(27)13-18/h3-5,7-10,13,21H,2,6,11-12,14-16H2,1H3,(H,29,33)(H3,28,30,34)/t21?,25-/m0/s1. The van der Waals surface area contributed by atoms with Crippen LogP contribution in [0.2, 0.25) is 10.0 Å². The average molecular weight is 505 g/mol. The Hall–Kier alpha value is -2.77. The number of carbonyl (C=O) groups excluding carboxylic acids is 3. The molecule has 2 atom stereocenters. The van der Waals surface area contributed by atoms with Gasteiger partial charge in [-0.25, -0.2) is 4.79 Å². The molecule has 9 heteroatoms. The van der Waals surface area contributed by atoms with E-state index < -0.39 is 17.5 Å². The van der Waals surface area contributed by atoms with Crippen molar-refractivity contribution in [3.8, 4) is 0 Å². The lowest BCUT2D eigenvalue weighted by Gasteiger charge is -2.43. The maximum Gasteiger partial charge on any atom is 0.312 e. The number of carbonyl (C=O) groups is 3. The van der Waals surface area contributed by atoms with Crippen LogP contribution in [-0.2, 0) is 22.4 Å². The average Bonchev–Trinajstić information content (AvgIpc) is 2.81. The first-order valence-corrected chi connectivity index (χ1v) is 12.1. The monoisotopic (exact) mass is 504 g/mol. The lowest BCUT2D eigenvalue weighted by atomic mass is 9.74. The Labute approximate surface area is 210 Å². The number of benzene rings is 2. The molecule has 4 amide bonds. The van der Waals surface area contributed by atoms with E-state index in [0.717, 1.165) is 11.1 Å². The second-order valence-electron chi connectivity index (χ2n) is 8.68. The summed E-state index contributed by atoms with van der Waals surface area (Å²) in [7, 11) is 0. The van der Waals surface area contributed by atoms with Gasteiger partial charge in [0.25, 0.3) is 0 Å². The first kappa shape index (κ1) is 25.8. The van der Waals surface area contributed by atoms with Gasteiger partial charge in [0.15, 0.2) is 0 Å². The molecule has 0 aliphatic carbocycles. The first-order chi connectivity index (χ1) is 16.2. The number of rotatable bonds is 8. The summed E-state index contributed by atoms with van der Waals surface area (Å²) in [4.78, 5) is 40.2. The molecular formula is C25H30Cl2N4O3. The summed E-state index contributed by atoms with van der Waals surface area (Å²) in [5.41, 5.74) is 6.39. The minimum absolute atomic E-state index is 0.0692. The van der Waals surface area contributed by atoms with Crippen LogP contribution in [0.3, 0.4) is 0 Å². The van der Waals surface area contributed by atoms with E-state index in [9.17, 15) is 14.4 Å². The maximum absolute atomic E-state index is 13.6. The van der Waals surface area contributed by atoms with Crippen molar-refractivity contribution in [1.29, 1.82) is 0 Å². The van der Waals surface area contributed by atoms with Crippen LogP contribution in [0, 0.1) is 5.41 Å². The summed E-state index contributed by atoms with van der Waals surface area (Å²) in [6, 6.07) is 13.2. The molecule has 2 aromatic rings. The van der Waals surface area contributed by atoms with Crippen LogP contribution in [-0.4, -0.2) is 48.4 Å². The Morgan fingerprint density at radius 3 is 2.47 bits per heavy atom. The minimum Gasteiger partial charge on any atom is -0.356 e. The summed E-state index contributed by atoms with van der Waals surface area (Å²) in [5.74, 6) is -0.355. The Morgan fingerprint density at radius 1 is 1.09 bits per heavy atom. The Bertz CT molecular complexity index is 1030. The van der Waals surface area contributed by atoms with Crippen LogP contribution in [0.4, 0.5) is 4.79 Å². The molecule has 1 aliphatic rings. The molecule has 2 aromatic carbocycles. The predicted molar refractivity (Wildman–Crippen MR) is 134 cm³/mol. The topological polar surface area (TPSA) is 105 Å². The molecule has 4 N–H and O–H groups in total. The highest BCUT2D eigenvalue weighted by atomic mass is 35.5. The van der Waals surface area contributed by atoms with E-state index in [1.54, 1.807) is 23.1 Å². The fraction of sp³-hybridized carbons (Fsp3) is 0.400. The van der Waals surface area contributed by atoms with Crippen LogP contribution in [0.1, 0.15) is 30.9 Å². The van der Waals surface area contributed by atoms with Gasteiger partial charge >= 0.3 is 6.03 Å². The van der Waals surface area contributed by atoms with Gasteiger partial charge in [-0.15, -0.1) is 0 Å². The summed E-state index contributed by atoms with van der Waals surface area (Å²) in [6.45, 7) is 3.13. The largest absolute Gasteiger partial charge is 0.356 e. The molecule has 0 saturated carbocycles. The van der Waals surface area contributed by atoms with Crippen molar-refractivity contribution in [3.05, 3.63) is 69.7 Å². The molecule has 0 spiro atoms. The van der Waals surface area contributed by atoms with Gasteiger partial charge in [0.05, 0.1) is 15.5 Å². The quantitative estimate of drug-likeness (QED) is 0.511. The van der Waals surface area contributed by atoms with Crippen molar-refractivity contribution in [2.75, 3.05) is 19.6 Å². The highest BCUT2D eigenvalue weighted by Gasteiger charge is 2.44. The SMILES string of the molecule is CCNC(=O)[C@]1(Cc2ccccc2)CCCN(C(=O)C(Cc2ccc(Cl)c(Cl)c2)NC(N)=O)C1. The molecule has 1 saturated heterocycles. The first-order valence-electron chi connectivity index (χ1n) is 11.3. The van der Waals surface area contributed by atoms with E-state index in [1.807, 2.05) is 37.3 Å². The van der Waals surface area contributed by atoms with Crippen molar-refractivity contribution in [2.24, 2.45) is 11.1 Å². The number of nitrogens with one attached hydrogen (secondary N) is 2. The molecule has 0 radical (unpaired) electrons. The van der Waals surface area contributed by atoms with Crippen LogP contribution in [0.5, 0.6) is 0 Å². The van der Waals surface area contributed by atoms with Gasteiger partial charge in [0.1, 0.15) is 6.04 Å². The van der Waals surface area contributed by atoms with E-state index in [1.165, 1.54) is 0 Å². The van der Waals surface area contributed by atoms with Gasteiger partial charge < -0.3 is 21.3 Å². The van der Waals surface area contributed by atoms with Crippen LogP contribution in [0.15, 0.2) is 48.5 Å². The second-order valence-corrected chi connectivity index (χ2v) is 9.49. The summed E-state index contributed by atoms with van der Waals surface area (Å²) in [6.07, 6.45) is 2.05. The van der Waals surface area contributed by atoms with Crippen LogP contribution >= 0.6 is 23.2 Å². The molecule has 1 fully saturated rings. The van der Waals surface area contributed by atoms with Crippen molar-refractivity contribution in [1.82, 2.24) is 15.5 Å². The molecule has 7 nitrogen and oxygen atoms in total. The highest BCUT2D eigenvalue weighted by Crippen LogP contribution is 2.35. The number of nitrogens with two attached hydrogens (primary N) is 1. The van der Waals surface area contributed by atoms with Crippen molar-refractivity contribution >= 4 is 41.0 Å². The normalized spacial score (nSPS) is 18.7. The second kappa shape index (κ2) is 11.6. The van der Waals surface area contributed by atoms with E-state index >= 15 is 0 Å². The van der Waals surface area contributed by atoms with Crippen LogP contribution in [0.25, 0.3) is 0 Å². The van der Waals surface area contributed by atoms with Gasteiger partial charge in [-0.1, -0.05) is 59.6 Å². The zero-order chi connectivity index (χ0) is 24.7. The van der Waals surface area contributed by atoms with E-state index in [2.05, 4.69) is 10.6 Å². The van der Waals surface area contributed by atoms with E-state index in [-0.39, 0.29) is 24.8 Å². The Balaban J connectivity index is 1.85. The minimum atomic E-state index is -0.892. The zero-order valence-corrected chi connectivity index (χ0v) is 20.7. The van der Waals surface area contributed by atoms with Gasteiger partial charge in [0, 0.05) is 26.1 Å². The number of hydrogen-bond donors (Lipinski definition) is 3. The number of primary amides is 1. The summed E-state index contributed by atoms with van der Waals surface area (Å²) < 4.78 is 0. The molecule has 34 heavy (non-hydrogen) atoms. The zero-order valence-electron chi connectivity index (χ0n) is 19.2. The number of likely N-dealkylation sites (tertiary alicyclic amines) is 1. The lowest BCUT2D eigenvalue weighted by molar-refractivity contribution is -0.142. The van der Waals surface area contributed by atoms with Gasteiger partial charge in [0.2, 0.25) is 11.8 Å². The van der Waals surface area contributed by atoms with Crippen LogP contribution < -0.4 is 16.4 Å². The van der Waals surface area contributed by atoms with E-state index in [0.29, 0.717) is 42.4 Å². The van der Waals surface area contributed by atoms with Crippen molar-refractivity contribution in [3.63, 3.8) is 0 Å². The highest BCUT2D eigenvalue weighted by molar-refractivity contribution is 6.42. The van der Waals surface area contributed by atoms with Gasteiger partial charge in [-0.3, -0.25) is 9.59 Å². The molecule has 0 aromatic heterocycles. The fourth-order valence-electron chi connectivity index (χ4n) is 4.56. The predicted octanol–water partition coefficient (Wildman–Crippen LogP) is 3.56. The smallest absolute Gasteiger partial charge is 0.312 e.